The van der Waals surface area contributed by atoms with Crippen LogP contribution in [0.5, 0.6) is 0 Å². The first kappa shape index (κ1) is 27.9. The zero-order valence-electron chi connectivity index (χ0n) is 19.0. The second kappa shape index (κ2) is 21.6. The molecule has 0 heterocycles. The van der Waals surface area contributed by atoms with Crippen LogP contribution in [0.25, 0.3) is 0 Å². The summed E-state index contributed by atoms with van der Waals surface area (Å²) in [4.78, 5) is 28.9. The quantitative estimate of drug-likeness (QED) is 0.158. The molecule has 0 bridgehead atoms. The molecular weight excluding hydrogens is 370 g/mol. The molecule has 0 rings (SSSR count). The molecule has 0 aliphatic carbocycles. The number of unbranched alkanes of at least 4 members (excludes halogenated alkanes) is 10. The zero-order valence-corrected chi connectivity index (χ0v) is 19.0. The molecule has 6 heteroatoms. The number of carbonyl (C=O) groups is 2. The Labute approximate surface area is 178 Å². The fraction of sp³-hybridized carbons (Fsp3) is 0.913. The molecule has 0 spiro atoms. The molecule has 0 aliphatic heterocycles. The molecular formula is C23H45NO5. The van der Waals surface area contributed by atoms with E-state index >= 15 is 0 Å². The van der Waals surface area contributed by atoms with Crippen LogP contribution in [0.3, 0.4) is 0 Å². The topological polar surface area (TPSA) is 76.1 Å². The summed E-state index contributed by atoms with van der Waals surface area (Å²) in [6.07, 6.45) is 14.9. The molecule has 0 amide bonds. The number of hydroxylamine groups is 2. The smallest absolute Gasteiger partial charge is 0.325 e. The van der Waals surface area contributed by atoms with Crippen molar-refractivity contribution in [2.24, 2.45) is 0 Å². The molecule has 0 saturated heterocycles. The van der Waals surface area contributed by atoms with Crippen molar-refractivity contribution in [1.82, 2.24) is 5.06 Å². The summed E-state index contributed by atoms with van der Waals surface area (Å²) >= 11 is 0. The highest BCUT2D eigenvalue weighted by atomic mass is 16.7. The van der Waals surface area contributed by atoms with E-state index in [1.54, 1.807) is 0 Å². The minimum atomic E-state index is -0.253. The van der Waals surface area contributed by atoms with Gasteiger partial charge in [-0.3, -0.25) is 9.59 Å². The van der Waals surface area contributed by atoms with Crippen LogP contribution in [0.4, 0.5) is 0 Å². The third-order valence-corrected chi connectivity index (χ3v) is 4.86. The van der Waals surface area contributed by atoms with Gasteiger partial charge < -0.3 is 14.7 Å². The van der Waals surface area contributed by atoms with Crippen molar-refractivity contribution in [1.29, 1.82) is 0 Å². The minimum absolute atomic E-state index is 0.0666. The summed E-state index contributed by atoms with van der Waals surface area (Å²) in [5, 5.41) is 10.6. The van der Waals surface area contributed by atoms with E-state index in [4.69, 9.17) is 14.7 Å². The summed E-state index contributed by atoms with van der Waals surface area (Å²) < 4.78 is 5.28. The van der Waals surface area contributed by atoms with Gasteiger partial charge >= 0.3 is 11.9 Å². The van der Waals surface area contributed by atoms with Gasteiger partial charge in [-0.1, -0.05) is 71.6 Å². The van der Waals surface area contributed by atoms with Gasteiger partial charge in [-0.2, -0.15) is 0 Å². The predicted molar refractivity (Wildman–Crippen MR) is 116 cm³/mol. The largest absolute Gasteiger partial charge is 0.466 e. The Morgan fingerprint density at radius 1 is 0.690 bits per heavy atom. The monoisotopic (exact) mass is 415 g/mol. The first-order valence-corrected chi connectivity index (χ1v) is 11.9. The van der Waals surface area contributed by atoms with Gasteiger partial charge in [-0.25, -0.2) is 0 Å². The normalized spacial score (nSPS) is 11.0. The number of rotatable bonds is 21. The number of hydrogen-bond donors (Lipinski definition) is 1. The maximum absolute atomic E-state index is 11.8. The van der Waals surface area contributed by atoms with Gasteiger partial charge in [-0.15, -0.1) is 5.06 Å². The van der Waals surface area contributed by atoms with Crippen LogP contribution >= 0.6 is 0 Å². The molecule has 0 fully saturated rings. The molecule has 29 heavy (non-hydrogen) atoms. The lowest BCUT2D eigenvalue weighted by Crippen LogP contribution is -2.31. The van der Waals surface area contributed by atoms with Crippen molar-refractivity contribution in [3.63, 3.8) is 0 Å². The SMILES string of the molecule is CCCCCCCCCCOC(=O)CCCCN(CCO)OC(=O)CCCCC. The highest BCUT2D eigenvalue weighted by molar-refractivity contribution is 5.69. The molecule has 6 nitrogen and oxygen atoms in total. The molecule has 0 atom stereocenters. The summed E-state index contributed by atoms with van der Waals surface area (Å²) in [5.74, 6) is -0.408. The lowest BCUT2D eigenvalue weighted by atomic mass is 10.1. The van der Waals surface area contributed by atoms with E-state index in [2.05, 4.69) is 13.8 Å². The van der Waals surface area contributed by atoms with Gasteiger partial charge in [0.2, 0.25) is 0 Å². The lowest BCUT2D eigenvalue weighted by Gasteiger charge is -2.20. The molecule has 0 saturated carbocycles. The van der Waals surface area contributed by atoms with Crippen molar-refractivity contribution < 1.29 is 24.3 Å². The molecule has 0 unspecified atom stereocenters. The van der Waals surface area contributed by atoms with Crippen molar-refractivity contribution in [3.05, 3.63) is 0 Å². The van der Waals surface area contributed by atoms with Gasteiger partial charge in [0, 0.05) is 19.4 Å². The second-order valence-corrected chi connectivity index (χ2v) is 7.73. The van der Waals surface area contributed by atoms with Crippen molar-refractivity contribution in [2.45, 2.75) is 110 Å². The number of hydrogen-bond acceptors (Lipinski definition) is 6. The maximum atomic E-state index is 11.8. The fourth-order valence-corrected chi connectivity index (χ4v) is 3.08. The van der Waals surface area contributed by atoms with E-state index < -0.39 is 0 Å². The van der Waals surface area contributed by atoms with Crippen LogP contribution in [-0.4, -0.2) is 48.4 Å². The average Bonchev–Trinajstić information content (AvgIpc) is 2.70. The number of esters is 1. The minimum Gasteiger partial charge on any atom is -0.466 e. The molecule has 0 aromatic carbocycles. The third kappa shape index (κ3) is 19.9. The predicted octanol–water partition coefficient (Wildman–Crippen LogP) is 5.17. The molecule has 1 N–H and O–H groups in total. The Balaban J connectivity index is 3.65. The van der Waals surface area contributed by atoms with E-state index in [9.17, 15) is 9.59 Å². The molecule has 0 aromatic heterocycles. The fourth-order valence-electron chi connectivity index (χ4n) is 3.08. The van der Waals surface area contributed by atoms with Crippen molar-refractivity contribution >= 4 is 11.9 Å². The number of carbonyl (C=O) groups excluding carboxylic acids is 2. The maximum Gasteiger partial charge on any atom is 0.325 e. The average molecular weight is 416 g/mol. The zero-order chi connectivity index (χ0) is 21.6. The van der Waals surface area contributed by atoms with Gasteiger partial charge in [0.25, 0.3) is 0 Å². The van der Waals surface area contributed by atoms with Gasteiger partial charge in [0.15, 0.2) is 0 Å². The molecule has 0 aliphatic rings. The van der Waals surface area contributed by atoms with Gasteiger partial charge in [-0.05, 0) is 25.7 Å². The van der Waals surface area contributed by atoms with E-state index in [1.165, 1.54) is 43.6 Å². The summed E-state index contributed by atoms with van der Waals surface area (Å²) in [7, 11) is 0. The molecule has 172 valence electrons. The Bertz CT molecular complexity index is 389. The summed E-state index contributed by atoms with van der Waals surface area (Å²) in [6.45, 7) is 5.57. The van der Waals surface area contributed by atoms with Crippen LogP contribution in [0, 0.1) is 0 Å². The van der Waals surface area contributed by atoms with Crippen molar-refractivity contribution in [2.75, 3.05) is 26.3 Å². The Hall–Kier alpha value is -1.14. The van der Waals surface area contributed by atoms with Crippen LogP contribution in [0.2, 0.25) is 0 Å². The van der Waals surface area contributed by atoms with E-state index in [0.717, 1.165) is 38.5 Å². The van der Waals surface area contributed by atoms with Crippen LogP contribution in [-0.2, 0) is 19.2 Å². The van der Waals surface area contributed by atoms with Gasteiger partial charge in [0.05, 0.1) is 19.8 Å². The summed E-state index contributed by atoms with van der Waals surface area (Å²) in [6, 6.07) is 0. The Morgan fingerprint density at radius 2 is 1.24 bits per heavy atom. The summed E-state index contributed by atoms with van der Waals surface area (Å²) in [5.41, 5.74) is 0. The van der Waals surface area contributed by atoms with Gasteiger partial charge in [0.1, 0.15) is 0 Å². The first-order chi connectivity index (χ1) is 14.1. The Morgan fingerprint density at radius 3 is 1.90 bits per heavy atom. The van der Waals surface area contributed by atoms with Crippen LogP contribution in [0.1, 0.15) is 110 Å². The van der Waals surface area contributed by atoms with Crippen molar-refractivity contribution in [3.8, 4) is 0 Å². The van der Waals surface area contributed by atoms with E-state index in [1.807, 2.05) is 0 Å². The Kier molecular flexibility index (Phi) is 20.7. The van der Waals surface area contributed by atoms with E-state index in [-0.39, 0.29) is 18.5 Å². The number of aliphatic hydroxyl groups is 1. The number of nitrogens with zero attached hydrogens (tertiary/aromatic N) is 1. The van der Waals surface area contributed by atoms with Crippen LogP contribution in [0.15, 0.2) is 0 Å². The highest BCUT2D eigenvalue weighted by Crippen LogP contribution is 2.09. The lowest BCUT2D eigenvalue weighted by molar-refractivity contribution is -0.193. The number of aliphatic hydroxyl groups excluding tert-OH is 1. The first-order valence-electron chi connectivity index (χ1n) is 11.9. The molecule has 0 aromatic rings. The highest BCUT2D eigenvalue weighted by Gasteiger charge is 2.12. The third-order valence-electron chi connectivity index (χ3n) is 4.86. The number of ether oxygens (including phenoxy) is 1. The van der Waals surface area contributed by atoms with E-state index in [0.29, 0.717) is 39.0 Å². The van der Waals surface area contributed by atoms with Crippen LogP contribution < -0.4 is 0 Å². The molecule has 0 radical (unpaired) electrons. The second-order valence-electron chi connectivity index (χ2n) is 7.73. The standard InChI is InChI=1S/C23H45NO5/c1-3-5-7-8-9-10-11-15-21-28-22(26)16-13-14-18-24(19-20-25)29-23(27)17-12-6-4-2/h25H,3-21H2,1-2H3.